The molecule has 0 radical (unpaired) electrons. The lowest BCUT2D eigenvalue weighted by molar-refractivity contribution is -0.136. The van der Waals surface area contributed by atoms with Crippen molar-refractivity contribution in [3.05, 3.63) is 23.8 Å². The van der Waals surface area contributed by atoms with Crippen LogP contribution in [0, 0.1) is 0 Å². The largest absolute Gasteiger partial charge is 0.508 e. The van der Waals surface area contributed by atoms with Crippen LogP contribution in [0.4, 0.5) is 13.2 Å². The van der Waals surface area contributed by atoms with E-state index in [2.05, 4.69) is 0 Å². The summed E-state index contributed by atoms with van der Waals surface area (Å²) < 4.78 is 35.8. The zero-order valence-electron chi connectivity index (χ0n) is 8.33. The van der Waals surface area contributed by atoms with Gasteiger partial charge in [0.25, 0.3) is 0 Å². The number of alkyl halides is 3. The fourth-order valence-electron chi connectivity index (χ4n) is 1.31. The van der Waals surface area contributed by atoms with E-state index in [1.165, 1.54) is 12.1 Å². The zero-order chi connectivity index (χ0) is 12.3. The molecule has 90 valence electrons. The smallest absolute Gasteiger partial charge is 0.389 e. The van der Waals surface area contributed by atoms with E-state index in [1.54, 1.807) is 0 Å². The summed E-state index contributed by atoms with van der Waals surface area (Å²) in [5, 5.41) is 18.5. The number of halogens is 3. The number of rotatable bonds is 3. The molecule has 0 amide bonds. The topological polar surface area (TPSA) is 66.5 Å². The molecule has 1 rings (SSSR count). The van der Waals surface area contributed by atoms with Gasteiger partial charge in [0.05, 0.1) is 0 Å². The van der Waals surface area contributed by atoms with Gasteiger partial charge in [0.1, 0.15) is 11.5 Å². The van der Waals surface area contributed by atoms with Crippen molar-refractivity contribution in [3.8, 4) is 11.5 Å². The maximum Gasteiger partial charge on any atom is 0.389 e. The molecule has 0 saturated carbocycles. The summed E-state index contributed by atoms with van der Waals surface area (Å²) in [6.07, 6.45) is -5.63. The Morgan fingerprint density at radius 2 is 1.88 bits per heavy atom. The molecule has 6 heteroatoms. The van der Waals surface area contributed by atoms with Gasteiger partial charge in [-0.15, -0.1) is 0 Å². The number of phenols is 2. The molecule has 1 aromatic rings. The zero-order valence-corrected chi connectivity index (χ0v) is 8.33. The van der Waals surface area contributed by atoms with Crippen LogP contribution in [-0.4, -0.2) is 16.4 Å². The molecule has 0 aromatic heterocycles. The van der Waals surface area contributed by atoms with Crippen LogP contribution in [0.25, 0.3) is 0 Å². The summed E-state index contributed by atoms with van der Waals surface area (Å²) in [4.78, 5) is 0. The Morgan fingerprint density at radius 1 is 1.25 bits per heavy atom. The maximum atomic E-state index is 11.9. The fraction of sp³-hybridized carbons (Fsp3) is 0.400. The van der Waals surface area contributed by atoms with E-state index in [4.69, 9.17) is 10.8 Å². The Balaban J connectivity index is 2.73. The number of nitrogens with two attached hydrogens (primary N) is 1. The predicted octanol–water partition coefficient (Wildman–Crippen LogP) is 2.44. The Kier molecular flexibility index (Phi) is 3.64. The van der Waals surface area contributed by atoms with Gasteiger partial charge in [0.15, 0.2) is 0 Å². The lowest BCUT2D eigenvalue weighted by Gasteiger charge is -2.15. The van der Waals surface area contributed by atoms with Gasteiger partial charge in [0.2, 0.25) is 0 Å². The van der Waals surface area contributed by atoms with Gasteiger partial charge < -0.3 is 15.9 Å². The summed E-state index contributed by atoms with van der Waals surface area (Å²) in [6, 6.07) is 2.64. The van der Waals surface area contributed by atoms with E-state index >= 15 is 0 Å². The van der Waals surface area contributed by atoms with E-state index in [1.807, 2.05) is 0 Å². The molecular weight excluding hydrogens is 223 g/mol. The van der Waals surface area contributed by atoms with Gasteiger partial charge in [-0.05, 0) is 24.6 Å². The van der Waals surface area contributed by atoms with Crippen molar-refractivity contribution in [1.82, 2.24) is 0 Å². The van der Waals surface area contributed by atoms with Crippen LogP contribution in [0.15, 0.2) is 18.2 Å². The molecule has 0 fully saturated rings. The minimum absolute atomic E-state index is 0.115. The number of hydrogen-bond acceptors (Lipinski definition) is 3. The van der Waals surface area contributed by atoms with Crippen molar-refractivity contribution >= 4 is 0 Å². The normalized spacial score (nSPS) is 13.8. The maximum absolute atomic E-state index is 11.9. The van der Waals surface area contributed by atoms with Crippen molar-refractivity contribution in [2.24, 2.45) is 5.73 Å². The highest BCUT2D eigenvalue weighted by molar-refractivity contribution is 5.40. The Morgan fingerprint density at radius 3 is 2.44 bits per heavy atom. The molecule has 1 atom stereocenters. The molecule has 4 N–H and O–H groups in total. The summed E-state index contributed by atoms with van der Waals surface area (Å²) in [7, 11) is 0. The van der Waals surface area contributed by atoms with E-state index in [0.717, 1.165) is 6.07 Å². The fourth-order valence-corrected chi connectivity index (χ4v) is 1.31. The highest BCUT2D eigenvalue weighted by atomic mass is 19.4. The molecule has 0 saturated heterocycles. The molecule has 0 heterocycles. The van der Waals surface area contributed by atoms with E-state index in [-0.39, 0.29) is 23.5 Å². The second-order valence-corrected chi connectivity index (χ2v) is 3.50. The first-order chi connectivity index (χ1) is 7.29. The Labute approximate surface area is 90.3 Å². The lowest BCUT2D eigenvalue weighted by Crippen LogP contribution is -2.15. The monoisotopic (exact) mass is 235 g/mol. The summed E-state index contributed by atoms with van der Waals surface area (Å²) in [5.74, 6) is -0.359. The highest BCUT2D eigenvalue weighted by Crippen LogP contribution is 2.31. The average molecular weight is 235 g/mol. The minimum Gasteiger partial charge on any atom is -0.508 e. The molecule has 0 unspecified atom stereocenters. The molecule has 0 spiro atoms. The second-order valence-electron chi connectivity index (χ2n) is 3.50. The van der Waals surface area contributed by atoms with Crippen molar-refractivity contribution in [2.45, 2.75) is 25.1 Å². The first kappa shape index (κ1) is 12.6. The van der Waals surface area contributed by atoms with Crippen molar-refractivity contribution in [3.63, 3.8) is 0 Å². The van der Waals surface area contributed by atoms with Crippen LogP contribution in [-0.2, 0) is 0 Å². The number of phenolic OH excluding ortho intramolecular Hbond substituents is 2. The van der Waals surface area contributed by atoms with Gasteiger partial charge in [-0.3, -0.25) is 0 Å². The van der Waals surface area contributed by atoms with E-state index in [0.29, 0.717) is 0 Å². The van der Waals surface area contributed by atoms with Crippen LogP contribution >= 0.6 is 0 Å². The predicted molar refractivity (Wildman–Crippen MR) is 52.0 cm³/mol. The third-order valence-corrected chi connectivity index (χ3v) is 2.15. The van der Waals surface area contributed by atoms with E-state index < -0.39 is 18.6 Å². The van der Waals surface area contributed by atoms with Gasteiger partial charge in [-0.25, -0.2) is 0 Å². The Hall–Kier alpha value is -1.43. The quantitative estimate of drug-likeness (QED) is 0.705. The first-order valence-electron chi connectivity index (χ1n) is 4.64. The molecular formula is C10H12F3NO2. The third-order valence-electron chi connectivity index (χ3n) is 2.15. The molecule has 0 aliphatic rings. The van der Waals surface area contributed by atoms with Crippen LogP contribution in [0.2, 0.25) is 0 Å². The first-order valence-corrected chi connectivity index (χ1v) is 4.64. The minimum atomic E-state index is -4.27. The van der Waals surface area contributed by atoms with E-state index in [9.17, 15) is 18.3 Å². The summed E-state index contributed by atoms with van der Waals surface area (Å²) >= 11 is 0. The summed E-state index contributed by atoms with van der Waals surface area (Å²) in [6.45, 7) is 0. The van der Waals surface area contributed by atoms with Gasteiger partial charge in [-0.1, -0.05) is 0 Å². The van der Waals surface area contributed by atoms with Crippen LogP contribution in [0.1, 0.15) is 24.4 Å². The molecule has 0 aliphatic heterocycles. The Bertz CT molecular complexity index is 366. The van der Waals surface area contributed by atoms with Crippen LogP contribution in [0.5, 0.6) is 11.5 Å². The van der Waals surface area contributed by atoms with Gasteiger partial charge in [0, 0.05) is 18.0 Å². The molecule has 0 bridgehead atoms. The molecule has 3 nitrogen and oxygen atoms in total. The number of benzene rings is 1. The third kappa shape index (κ3) is 3.62. The lowest BCUT2D eigenvalue weighted by atomic mass is 10.0. The number of aromatic hydroxyl groups is 2. The van der Waals surface area contributed by atoms with Gasteiger partial charge in [-0.2, -0.15) is 13.2 Å². The van der Waals surface area contributed by atoms with Crippen molar-refractivity contribution < 1.29 is 23.4 Å². The molecule has 16 heavy (non-hydrogen) atoms. The van der Waals surface area contributed by atoms with Crippen molar-refractivity contribution in [1.29, 1.82) is 0 Å². The van der Waals surface area contributed by atoms with Crippen LogP contribution in [0.3, 0.4) is 0 Å². The SMILES string of the molecule is N[C@@H](CCC(F)(F)F)c1cc(O)ccc1O. The standard InChI is InChI=1S/C10H12F3NO2/c11-10(12,13)4-3-8(14)7-5-6(15)1-2-9(7)16/h1-2,5,8,15-16H,3-4,14H2/t8-/m0/s1. The number of hydrogen-bond donors (Lipinski definition) is 3. The van der Waals surface area contributed by atoms with Gasteiger partial charge >= 0.3 is 6.18 Å². The summed E-state index contributed by atoms with van der Waals surface area (Å²) in [5.41, 5.74) is 5.62. The average Bonchev–Trinajstić information content (AvgIpc) is 2.17. The van der Waals surface area contributed by atoms with Crippen molar-refractivity contribution in [2.75, 3.05) is 0 Å². The second kappa shape index (κ2) is 4.61. The molecule has 0 aliphatic carbocycles. The van der Waals surface area contributed by atoms with Crippen LogP contribution < -0.4 is 5.73 Å². The molecule has 1 aromatic carbocycles. The highest BCUT2D eigenvalue weighted by Gasteiger charge is 2.28.